The van der Waals surface area contributed by atoms with Crippen molar-refractivity contribution >= 4 is 28.7 Å². The van der Waals surface area contributed by atoms with Gasteiger partial charge in [0.05, 0.1) is 29.1 Å². The lowest BCUT2D eigenvalue weighted by Crippen LogP contribution is -2.32. The highest BCUT2D eigenvalue weighted by Crippen LogP contribution is 2.22. The number of hydrogen-bond donors (Lipinski definition) is 0. The van der Waals surface area contributed by atoms with Gasteiger partial charge in [0.2, 0.25) is 5.91 Å². The fourth-order valence-corrected chi connectivity index (χ4v) is 3.20. The van der Waals surface area contributed by atoms with E-state index in [2.05, 4.69) is 4.98 Å². The molecule has 5 nitrogen and oxygen atoms in total. The molecule has 24 heavy (non-hydrogen) atoms. The fourth-order valence-electron chi connectivity index (χ4n) is 2.72. The number of benzene rings is 1. The molecule has 0 aliphatic rings. The molecule has 0 aliphatic carbocycles. The van der Waals surface area contributed by atoms with Gasteiger partial charge in [-0.3, -0.25) is 4.79 Å². The number of rotatable bonds is 6. The van der Waals surface area contributed by atoms with Gasteiger partial charge in [-0.15, -0.1) is 0 Å². The molecule has 1 aromatic carbocycles. The molecule has 0 spiro atoms. The van der Waals surface area contributed by atoms with Gasteiger partial charge in [0.15, 0.2) is 0 Å². The summed E-state index contributed by atoms with van der Waals surface area (Å²) >= 11 is 1.70. The van der Waals surface area contributed by atoms with Crippen LogP contribution in [0.4, 0.5) is 0 Å². The molecular formula is C18H21N3O2S. The normalized spacial score (nSPS) is 12.5. The van der Waals surface area contributed by atoms with Gasteiger partial charge in [0.25, 0.3) is 0 Å². The standard InChI is InChI=1S/C18H21N3O2S/c1-13(16-9-6-10-23-16)20(2)18(22)11-21-15-8-5-4-7-14(15)19-17(21)12-24-3/h4-10,13H,11-12H2,1-3H3. The predicted octanol–water partition coefficient (Wildman–Crippen LogP) is 3.71. The maximum absolute atomic E-state index is 12.8. The van der Waals surface area contributed by atoms with Crippen molar-refractivity contribution in [2.45, 2.75) is 25.3 Å². The number of carbonyl (C=O) groups is 1. The first-order valence-corrected chi connectivity index (χ1v) is 9.23. The molecule has 3 rings (SSSR count). The summed E-state index contributed by atoms with van der Waals surface area (Å²) in [5.74, 6) is 2.52. The Hall–Kier alpha value is -2.21. The third-order valence-electron chi connectivity index (χ3n) is 4.23. The number of para-hydroxylation sites is 2. The minimum atomic E-state index is -0.105. The van der Waals surface area contributed by atoms with Crippen molar-refractivity contribution in [1.82, 2.24) is 14.5 Å². The van der Waals surface area contributed by atoms with Crippen LogP contribution in [0.5, 0.6) is 0 Å². The van der Waals surface area contributed by atoms with E-state index < -0.39 is 0 Å². The molecule has 0 radical (unpaired) electrons. The molecule has 0 saturated carbocycles. The van der Waals surface area contributed by atoms with Crippen LogP contribution in [0.15, 0.2) is 47.1 Å². The molecular weight excluding hydrogens is 322 g/mol. The molecule has 6 heteroatoms. The van der Waals surface area contributed by atoms with E-state index in [-0.39, 0.29) is 18.5 Å². The number of likely N-dealkylation sites (N-methyl/N-ethyl adjacent to an activating group) is 1. The quantitative estimate of drug-likeness (QED) is 0.684. The van der Waals surface area contributed by atoms with E-state index >= 15 is 0 Å². The summed E-state index contributed by atoms with van der Waals surface area (Å²) < 4.78 is 7.43. The lowest BCUT2D eigenvalue weighted by molar-refractivity contribution is -0.132. The highest BCUT2D eigenvalue weighted by atomic mass is 32.2. The predicted molar refractivity (Wildman–Crippen MR) is 96.8 cm³/mol. The monoisotopic (exact) mass is 343 g/mol. The molecule has 1 amide bonds. The van der Waals surface area contributed by atoms with Crippen LogP contribution in [0, 0.1) is 0 Å². The zero-order valence-electron chi connectivity index (χ0n) is 14.1. The second kappa shape index (κ2) is 7.13. The van der Waals surface area contributed by atoms with Crippen molar-refractivity contribution in [3.8, 4) is 0 Å². The average Bonchev–Trinajstić information content (AvgIpc) is 3.23. The number of thioether (sulfide) groups is 1. The van der Waals surface area contributed by atoms with Crippen molar-refractivity contribution in [3.05, 3.63) is 54.2 Å². The van der Waals surface area contributed by atoms with Crippen LogP contribution in [0.3, 0.4) is 0 Å². The Kier molecular flexibility index (Phi) is 4.94. The van der Waals surface area contributed by atoms with Gasteiger partial charge in [-0.2, -0.15) is 11.8 Å². The van der Waals surface area contributed by atoms with Gasteiger partial charge in [-0.25, -0.2) is 4.98 Å². The van der Waals surface area contributed by atoms with Crippen LogP contribution in [-0.2, 0) is 17.1 Å². The largest absolute Gasteiger partial charge is 0.467 e. The summed E-state index contributed by atoms with van der Waals surface area (Å²) in [6, 6.07) is 11.6. The Bertz CT molecular complexity index is 826. The van der Waals surface area contributed by atoms with E-state index in [1.54, 1.807) is 22.9 Å². The lowest BCUT2D eigenvalue weighted by atomic mass is 10.2. The van der Waals surface area contributed by atoms with Crippen LogP contribution in [-0.4, -0.2) is 33.7 Å². The van der Waals surface area contributed by atoms with Gasteiger partial charge in [-0.05, 0) is 37.4 Å². The molecule has 2 heterocycles. The second-order valence-corrected chi connectivity index (χ2v) is 6.60. The Morgan fingerprint density at radius 1 is 1.33 bits per heavy atom. The van der Waals surface area contributed by atoms with E-state index in [0.717, 1.165) is 28.4 Å². The molecule has 0 N–H and O–H groups in total. The van der Waals surface area contributed by atoms with Crippen molar-refractivity contribution in [1.29, 1.82) is 0 Å². The molecule has 3 aromatic rings. The van der Waals surface area contributed by atoms with E-state index in [1.165, 1.54) is 0 Å². The van der Waals surface area contributed by atoms with Crippen molar-refractivity contribution in [3.63, 3.8) is 0 Å². The topological polar surface area (TPSA) is 51.3 Å². The van der Waals surface area contributed by atoms with Crippen molar-refractivity contribution in [2.75, 3.05) is 13.3 Å². The lowest BCUT2D eigenvalue weighted by Gasteiger charge is -2.24. The summed E-state index contributed by atoms with van der Waals surface area (Å²) in [7, 11) is 1.81. The van der Waals surface area contributed by atoms with Crippen molar-refractivity contribution < 1.29 is 9.21 Å². The number of furan rings is 1. The van der Waals surface area contributed by atoms with Crippen LogP contribution in [0.2, 0.25) is 0 Å². The summed E-state index contributed by atoms with van der Waals surface area (Å²) in [4.78, 5) is 19.2. The van der Waals surface area contributed by atoms with Gasteiger partial charge in [0.1, 0.15) is 18.1 Å². The van der Waals surface area contributed by atoms with E-state index in [9.17, 15) is 4.79 Å². The van der Waals surface area contributed by atoms with E-state index in [0.29, 0.717) is 0 Å². The molecule has 1 unspecified atom stereocenters. The first-order chi connectivity index (χ1) is 11.6. The maximum Gasteiger partial charge on any atom is 0.242 e. The summed E-state index contributed by atoms with van der Waals surface area (Å²) in [6.07, 6.45) is 3.67. The highest BCUT2D eigenvalue weighted by Gasteiger charge is 2.21. The SMILES string of the molecule is CSCc1nc2ccccc2n1CC(=O)N(C)C(C)c1ccco1. The molecule has 0 bridgehead atoms. The van der Waals surface area contributed by atoms with E-state index in [1.807, 2.05) is 61.2 Å². The van der Waals surface area contributed by atoms with Gasteiger partial charge < -0.3 is 13.9 Å². The number of hydrogen-bond acceptors (Lipinski definition) is 4. The Labute approximate surface area is 145 Å². The highest BCUT2D eigenvalue weighted by molar-refractivity contribution is 7.97. The number of carbonyl (C=O) groups excluding carboxylic acids is 1. The minimum absolute atomic E-state index is 0.0319. The average molecular weight is 343 g/mol. The smallest absolute Gasteiger partial charge is 0.242 e. The Morgan fingerprint density at radius 3 is 2.83 bits per heavy atom. The third-order valence-corrected chi connectivity index (χ3v) is 4.78. The van der Waals surface area contributed by atoms with Gasteiger partial charge in [0, 0.05) is 7.05 Å². The van der Waals surface area contributed by atoms with Crippen LogP contribution >= 0.6 is 11.8 Å². The van der Waals surface area contributed by atoms with Gasteiger partial charge >= 0.3 is 0 Å². The van der Waals surface area contributed by atoms with Gasteiger partial charge in [-0.1, -0.05) is 12.1 Å². The zero-order chi connectivity index (χ0) is 17.1. The molecule has 126 valence electrons. The summed E-state index contributed by atoms with van der Waals surface area (Å²) in [5.41, 5.74) is 1.92. The molecule has 1 atom stereocenters. The molecule has 2 aromatic heterocycles. The van der Waals surface area contributed by atoms with Crippen LogP contribution < -0.4 is 0 Å². The maximum atomic E-state index is 12.8. The Morgan fingerprint density at radius 2 is 2.12 bits per heavy atom. The minimum Gasteiger partial charge on any atom is -0.467 e. The Balaban J connectivity index is 1.85. The first-order valence-electron chi connectivity index (χ1n) is 7.84. The van der Waals surface area contributed by atoms with E-state index in [4.69, 9.17) is 4.42 Å². The zero-order valence-corrected chi connectivity index (χ0v) is 14.9. The summed E-state index contributed by atoms with van der Waals surface area (Å²) in [6.45, 7) is 2.24. The summed E-state index contributed by atoms with van der Waals surface area (Å²) in [5, 5.41) is 0. The number of imidazole rings is 1. The van der Waals surface area contributed by atoms with Crippen LogP contribution in [0.25, 0.3) is 11.0 Å². The fraction of sp³-hybridized carbons (Fsp3) is 0.333. The van der Waals surface area contributed by atoms with Crippen molar-refractivity contribution in [2.24, 2.45) is 0 Å². The number of amides is 1. The third kappa shape index (κ3) is 3.19. The second-order valence-electron chi connectivity index (χ2n) is 5.73. The molecule has 0 fully saturated rings. The first kappa shape index (κ1) is 16.6. The number of nitrogens with zero attached hydrogens (tertiary/aromatic N) is 3. The number of fused-ring (bicyclic) bond motifs is 1. The molecule has 0 saturated heterocycles. The molecule has 0 aliphatic heterocycles. The van der Waals surface area contributed by atoms with Crippen LogP contribution in [0.1, 0.15) is 24.6 Å². The number of aromatic nitrogens is 2.